The minimum atomic E-state index is -3.88. The first-order valence-electron chi connectivity index (χ1n) is 8.35. The zero-order valence-electron chi connectivity index (χ0n) is 15.3. The molecule has 0 amide bonds. The Morgan fingerprint density at radius 1 is 1.17 bits per heavy atom. The predicted molar refractivity (Wildman–Crippen MR) is 104 cm³/mol. The van der Waals surface area contributed by atoms with Crippen LogP contribution in [0, 0.1) is 6.92 Å². The number of carbonyl (C=O) groups is 1. The van der Waals surface area contributed by atoms with Gasteiger partial charge in [-0.1, -0.05) is 6.07 Å². The molecular weight excluding hydrogens is 398 g/mol. The molecule has 0 atom stereocenters. The highest BCUT2D eigenvalue weighted by atomic mass is 32.2. The van der Waals surface area contributed by atoms with Crippen LogP contribution in [-0.4, -0.2) is 36.1 Å². The van der Waals surface area contributed by atoms with Gasteiger partial charge in [0.15, 0.2) is 6.61 Å². The van der Waals surface area contributed by atoms with Crippen LogP contribution in [0.15, 0.2) is 66.0 Å². The first-order valence-corrected chi connectivity index (χ1v) is 9.84. The normalized spacial score (nSPS) is 10.9. The van der Waals surface area contributed by atoms with Gasteiger partial charge in [-0.2, -0.15) is 0 Å². The fourth-order valence-corrected chi connectivity index (χ4v) is 3.52. The Hall–Kier alpha value is -3.66. The lowest BCUT2D eigenvalue weighted by molar-refractivity contribution is -0.139. The molecule has 0 radical (unpaired) electrons. The van der Waals surface area contributed by atoms with E-state index in [2.05, 4.69) is 14.7 Å². The fourth-order valence-electron chi connectivity index (χ4n) is 2.39. The predicted octanol–water partition coefficient (Wildman–Crippen LogP) is 2.84. The van der Waals surface area contributed by atoms with Crippen molar-refractivity contribution >= 4 is 21.7 Å². The summed E-state index contributed by atoms with van der Waals surface area (Å²) >= 11 is 0. The third-order valence-electron chi connectivity index (χ3n) is 3.66. The van der Waals surface area contributed by atoms with Crippen LogP contribution >= 0.6 is 0 Å². The number of aliphatic carboxylic acids is 1. The van der Waals surface area contributed by atoms with Gasteiger partial charge in [-0.05, 0) is 42.8 Å². The number of benzene rings is 2. The van der Waals surface area contributed by atoms with Gasteiger partial charge >= 0.3 is 5.97 Å². The minimum Gasteiger partial charge on any atom is -0.482 e. The quantitative estimate of drug-likeness (QED) is 0.575. The van der Waals surface area contributed by atoms with E-state index in [9.17, 15) is 13.2 Å². The third-order valence-corrected chi connectivity index (χ3v) is 5.03. The Labute approximate surface area is 167 Å². The molecule has 0 aliphatic rings. The molecule has 0 saturated heterocycles. The zero-order chi connectivity index (χ0) is 20.9. The number of nitrogens with zero attached hydrogens (tertiary/aromatic N) is 2. The summed E-state index contributed by atoms with van der Waals surface area (Å²) in [7, 11) is -3.88. The summed E-state index contributed by atoms with van der Waals surface area (Å²) in [6, 6.07) is 10.6. The number of hydrogen-bond donors (Lipinski definition) is 2. The number of nitrogens with one attached hydrogen (secondary N) is 1. The summed E-state index contributed by atoms with van der Waals surface area (Å²) in [6.07, 6.45) is 4.43. The summed E-state index contributed by atoms with van der Waals surface area (Å²) in [6.45, 7) is 1.12. The number of carboxylic acid groups (broad SMARTS) is 1. The van der Waals surface area contributed by atoms with Crippen LogP contribution in [0.2, 0.25) is 0 Å². The van der Waals surface area contributed by atoms with Crippen LogP contribution in [0.1, 0.15) is 5.56 Å². The molecule has 0 spiro atoms. The number of aromatic nitrogens is 2. The SMILES string of the molecule is Cc1cc(S(=O)(=O)Nc2cccc(Oc3cnccn3)c2)ccc1OCC(=O)O. The number of carboxylic acids is 1. The summed E-state index contributed by atoms with van der Waals surface area (Å²) in [4.78, 5) is 18.5. The van der Waals surface area contributed by atoms with Crippen LogP contribution in [0.4, 0.5) is 5.69 Å². The molecule has 0 saturated carbocycles. The van der Waals surface area contributed by atoms with E-state index >= 15 is 0 Å². The Balaban J connectivity index is 1.76. The first-order chi connectivity index (χ1) is 13.8. The van der Waals surface area contributed by atoms with Gasteiger partial charge < -0.3 is 14.6 Å². The Kier molecular flexibility index (Phi) is 5.93. The van der Waals surface area contributed by atoms with E-state index in [-0.39, 0.29) is 10.8 Å². The van der Waals surface area contributed by atoms with Crippen LogP contribution < -0.4 is 14.2 Å². The molecule has 1 aromatic heterocycles. The van der Waals surface area contributed by atoms with Crippen molar-refractivity contribution in [3.05, 3.63) is 66.6 Å². The molecule has 29 heavy (non-hydrogen) atoms. The number of aryl methyl sites for hydroxylation is 1. The molecule has 0 bridgehead atoms. The number of ether oxygens (including phenoxy) is 2. The van der Waals surface area contributed by atoms with Gasteiger partial charge in [0.25, 0.3) is 10.0 Å². The average molecular weight is 415 g/mol. The van der Waals surface area contributed by atoms with Crippen molar-refractivity contribution in [2.75, 3.05) is 11.3 Å². The minimum absolute atomic E-state index is 0.0120. The lowest BCUT2D eigenvalue weighted by Crippen LogP contribution is -2.14. The van der Waals surface area contributed by atoms with E-state index in [1.807, 2.05) is 0 Å². The summed E-state index contributed by atoms with van der Waals surface area (Å²) < 4.78 is 38.5. The van der Waals surface area contributed by atoms with Gasteiger partial charge in [0.05, 0.1) is 16.8 Å². The maximum atomic E-state index is 12.7. The standard InChI is InChI=1S/C19H17N3O6S/c1-13-9-16(5-6-17(13)27-12-19(23)24)29(25,26)22-14-3-2-4-15(10-14)28-18-11-20-7-8-21-18/h2-11,22H,12H2,1H3,(H,23,24). The smallest absolute Gasteiger partial charge is 0.341 e. The molecule has 3 aromatic rings. The fraction of sp³-hybridized carbons (Fsp3) is 0.105. The van der Waals surface area contributed by atoms with Crippen molar-refractivity contribution in [3.63, 3.8) is 0 Å². The van der Waals surface area contributed by atoms with Gasteiger partial charge in [0.1, 0.15) is 11.5 Å². The lowest BCUT2D eigenvalue weighted by Gasteiger charge is -2.12. The number of rotatable bonds is 8. The summed E-state index contributed by atoms with van der Waals surface area (Å²) in [5.74, 6) is -0.156. The highest BCUT2D eigenvalue weighted by Crippen LogP contribution is 2.26. The molecule has 10 heteroatoms. The van der Waals surface area contributed by atoms with E-state index in [0.29, 0.717) is 22.7 Å². The van der Waals surface area contributed by atoms with Crippen LogP contribution in [0.5, 0.6) is 17.4 Å². The van der Waals surface area contributed by atoms with Crippen molar-refractivity contribution in [3.8, 4) is 17.4 Å². The summed E-state index contributed by atoms with van der Waals surface area (Å²) in [5.41, 5.74) is 0.795. The van der Waals surface area contributed by atoms with E-state index in [1.54, 1.807) is 25.1 Å². The van der Waals surface area contributed by atoms with Crippen molar-refractivity contribution in [1.82, 2.24) is 9.97 Å². The molecule has 0 unspecified atom stereocenters. The maximum Gasteiger partial charge on any atom is 0.341 e. The molecule has 2 aromatic carbocycles. The number of sulfonamides is 1. The van der Waals surface area contributed by atoms with Crippen LogP contribution in [-0.2, 0) is 14.8 Å². The second kappa shape index (κ2) is 8.57. The topological polar surface area (TPSA) is 128 Å². The van der Waals surface area contributed by atoms with E-state index < -0.39 is 22.6 Å². The van der Waals surface area contributed by atoms with E-state index in [0.717, 1.165) is 0 Å². The van der Waals surface area contributed by atoms with Gasteiger partial charge in [-0.25, -0.2) is 18.2 Å². The van der Waals surface area contributed by atoms with Crippen molar-refractivity contribution in [2.45, 2.75) is 11.8 Å². The second-order valence-electron chi connectivity index (χ2n) is 5.89. The van der Waals surface area contributed by atoms with Gasteiger partial charge in [-0.3, -0.25) is 9.71 Å². The third kappa shape index (κ3) is 5.42. The highest BCUT2D eigenvalue weighted by Gasteiger charge is 2.16. The lowest BCUT2D eigenvalue weighted by atomic mass is 10.2. The number of hydrogen-bond acceptors (Lipinski definition) is 7. The molecule has 3 rings (SSSR count). The zero-order valence-corrected chi connectivity index (χ0v) is 16.1. The first kappa shape index (κ1) is 20.1. The molecule has 0 aliphatic carbocycles. The highest BCUT2D eigenvalue weighted by molar-refractivity contribution is 7.92. The molecule has 0 fully saturated rings. The summed E-state index contributed by atoms with van der Waals surface area (Å²) in [5, 5.41) is 8.68. The van der Waals surface area contributed by atoms with Crippen molar-refractivity contribution in [1.29, 1.82) is 0 Å². The molecule has 0 aliphatic heterocycles. The van der Waals surface area contributed by atoms with E-state index in [1.165, 1.54) is 42.9 Å². The van der Waals surface area contributed by atoms with Gasteiger partial charge in [-0.15, -0.1) is 0 Å². The van der Waals surface area contributed by atoms with Crippen LogP contribution in [0.3, 0.4) is 0 Å². The number of anilines is 1. The molecule has 9 nitrogen and oxygen atoms in total. The average Bonchev–Trinajstić information content (AvgIpc) is 2.67. The molecule has 150 valence electrons. The van der Waals surface area contributed by atoms with E-state index in [4.69, 9.17) is 14.6 Å². The largest absolute Gasteiger partial charge is 0.482 e. The Bertz CT molecular complexity index is 1120. The second-order valence-corrected chi connectivity index (χ2v) is 7.57. The monoisotopic (exact) mass is 415 g/mol. The van der Waals surface area contributed by atoms with Crippen molar-refractivity contribution in [2.24, 2.45) is 0 Å². The molecular formula is C19H17N3O6S. The molecule has 2 N–H and O–H groups in total. The Morgan fingerprint density at radius 2 is 2.00 bits per heavy atom. The van der Waals surface area contributed by atoms with Gasteiger partial charge in [0, 0.05) is 18.5 Å². The van der Waals surface area contributed by atoms with Gasteiger partial charge in [0.2, 0.25) is 5.88 Å². The maximum absolute atomic E-state index is 12.7. The Morgan fingerprint density at radius 3 is 2.69 bits per heavy atom. The molecule has 1 heterocycles. The van der Waals surface area contributed by atoms with Crippen LogP contribution in [0.25, 0.3) is 0 Å². The van der Waals surface area contributed by atoms with Crippen molar-refractivity contribution < 1.29 is 27.8 Å².